The van der Waals surface area contributed by atoms with Gasteiger partial charge in [-0.15, -0.1) is 11.3 Å². The van der Waals surface area contributed by atoms with Crippen LogP contribution in [0.5, 0.6) is 0 Å². The van der Waals surface area contributed by atoms with E-state index in [9.17, 15) is 9.59 Å². The molecule has 3 heterocycles. The number of nitrogens with zero attached hydrogens (tertiary/aromatic N) is 4. The van der Waals surface area contributed by atoms with Gasteiger partial charge in [-0.2, -0.15) is 0 Å². The second kappa shape index (κ2) is 8.28. The molecule has 3 rings (SSSR count). The van der Waals surface area contributed by atoms with Gasteiger partial charge in [-0.25, -0.2) is 15.0 Å². The zero-order valence-corrected chi connectivity index (χ0v) is 15.9. The van der Waals surface area contributed by atoms with E-state index in [0.717, 1.165) is 16.3 Å². The number of pyridine rings is 1. The lowest BCUT2D eigenvalue weighted by Gasteiger charge is -2.02. The van der Waals surface area contributed by atoms with Gasteiger partial charge >= 0.3 is 5.97 Å². The molecule has 0 bridgehead atoms. The number of imidazole rings is 1. The summed E-state index contributed by atoms with van der Waals surface area (Å²) in [7, 11) is 1.87. The van der Waals surface area contributed by atoms with Gasteiger partial charge in [0.2, 0.25) is 5.91 Å². The summed E-state index contributed by atoms with van der Waals surface area (Å²) in [4.78, 5) is 36.5. The Kier molecular flexibility index (Phi) is 5.84. The van der Waals surface area contributed by atoms with Crippen molar-refractivity contribution < 1.29 is 14.3 Å². The van der Waals surface area contributed by atoms with Crippen LogP contribution in [0, 0.1) is 0 Å². The molecule has 8 nitrogen and oxygen atoms in total. The van der Waals surface area contributed by atoms with Gasteiger partial charge in [-0.05, 0) is 19.1 Å². The molecule has 3 aromatic rings. The summed E-state index contributed by atoms with van der Waals surface area (Å²) < 4.78 is 6.74. The number of thioether (sulfide) groups is 1. The largest absolute Gasteiger partial charge is 0.466 e. The molecule has 0 saturated heterocycles. The van der Waals surface area contributed by atoms with E-state index >= 15 is 0 Å². The first-order chi connectivity index (χ1) is 12.6. The first-order valence-corrected chi connectivity index (χ1v) is 9.73. The molecule has 0 unspecified atom stereocenters. The Hall–Kier alpha value is -2.46. The number of hydrogen-bond donors (Lipinski definition) is 1. The standard InChI is InChI=1S/C16H17N5O3S2/c1-3-24-13(23)7-10-8-25-15(18-10)20-12(22)9-26-16-19-11-5-4-6-17-14(11)21(16)2/h4-6,8H,3,7,9H2,1-2H3,(H,18,20,22). The molecule has 3 aromatic heterocycles. The number of anilines is 1. The average Bonchev–Trinajstić information content (AvgIpc) is 3.18. The number of fused-ring (bicyclic) bond motifs is 1. The zero-order valence-electron chi connectivity index (χ0n) is 14.3. The van der Waals surface area contributed by atoms with Crippen molar-refractivity contribution in [3.63, 3.8) is 0 Å². The van der Waals surface area contributed by atoms with Gasteiger partial charge in [-0.3, -0.25) is 9.59 Å². The van der Waals surface area contributed by atoms with Crippen LogP contribution in [0.3, 0.4) is 0 Å². The minimum absolute atomic E-state index is 0.0990. The minimum Gasteiger partial charge on any atom is -0.466 e. The minimum atomic E-state index is -0.332. The van der Waals surface area contributed by atoms with Crippen LogP contribution in [0.4, 0.5) is 5.13 Å². The summed E-state index contributed by atoms with van der Waals surface area (Å²) in [6.45, 7) is 2.09. The summed E-state index contributed by atoms with van der Waals surface area (Å²) in [5, 5.41) is 5.65. The smallest absolute Gasteiger partial charge is 0.311 e. The number of esters is 1. The number of carbonyl (C=O) groups is 2. The van der Waals surface area contributed by atoms with E-state index in [1.165, 1.54) is 23.1 Å². The molecule has 0 aliphatic carbocycles. The summed E-state index contributed by atoms with van der Waals surface area (Å²) in [5.41, 5.74) is 2.15. The molecule has 10 heteroatoms. The second-order valence-electron chi connectivity index (χ2n) is 5.26. The first kappa shape index (κ1) is 18.3. The van der Waals surface area contributed by atoms with Crippen LogP contribution in [0.1, 0.15) is 12.6 Å². The third kappa shape index (κ3) is 4.38. The number of ether oxygens (including phenoxy) is 1. The van der Waals surface area contributed by atoms with E-state index < -0.39 is 0 Å². The normalized spacial score (nSPS) is 10.8. The van der Waals surface area contributed by atoms with Crippen LogP contribution < -0.4 is 5.32 Å². The molecule has 0 atom stereocenters. The van der Waals surface area contributed by atoms with Gasteiger partial charge in [0.1, 0.15) is 5.52 Å². The van der Waals surface area contributed by atoms with Gasteiger partial charge in [-0.1, -0.05) is 11.8 Å². The molecule has 0 radical (unpaired) electrons. The number of amides is 1. The molecule has 136 valence electrons. The Bertz CT molecular complexity index is 937. The highest BCUT2D eigenvalue weighted by Gasteiger charge is 2.13. The predicted molar refractivity (Wildman–Crippen MR) is 100 cm³/mol. The van der Waals surface area contributed by atoms with Crippen molar-refractivity contribution in [2.75, 3.05) is 17.7 Å². The van der Waals surface area contributed by atoms with E-state index in [1.807, 2.05) is 23.7 Å². The summed E-state index contributed by atoms with van der Waals surface area (Å²) in [5.74, 6) is -0.321. The van der Waals surface area contributed by atoms with Crippen molar-refractivity contribution in [2.24, 2.45) is 7.05 Å². The van der Waals surface area contributed by atoms with Gasteiger partial charge in [0.05, 0.1) is 24.5 Å². The van der Waals surface area contributed by atoms with Gasteiger partial charge in [0, 0.05) is 18.6 Å². The lowest BCUT2D eigenvalue weighted by Crippen LogP contribution is -2.14. The van der Waals surface area contributed by atoms with Crippen molar-refractivity contribution in [3.05, 3.63) is 29.4 Å². The van der Waals surface area contributed by atoms with E-state index in [-0.39, 0.29) is 24.1 Å². The van der Waals surface area contributed by atoms with Gasteiger partial charge in [0.25, 0.3) is 0 Å². The SMILES string of the molecule is CCOC(=O)Cc1csc(NC(=O)CSc2nc3cccnc3n2C)n1. The maximum Gasteiger partial charge on any atom is 0.311 e. The molecular formula is C16H17N5O3S2. The lowest BCUT2D eigenvalue weighted by atomic mass is 10.3. The lowest BCUT2D eigenvalue weighted by molar-refractivity contribution is -0.142. The molecule has 0 spiro atoms. The fourth-order valence-corrected chi connectivity index (χ4v) is 3.72. The average molecular weight is 391 g/mol. The third-order valence-corrected chi connectivity index (χ3v) is 5.18. The molecule has 0 fully saturated rings. The monoisotopic (exact) mass is 391 g/mol. The summed E-state index contributed by atoms with van der Waals surface area (Å²) >= 11 is 2.60. The number of aryl methyl sites for hydroxylation is 1. The highest BCUT2D eigenvalue weighted by molar-refractivity contribution is 7.99. The highest BCUT2D eigenvalue weighted by Crippen LogP contribution is 2.22. The molecular weight excluding hydrogens is 374 g/mol. The second-order valence-corrected chi connectivity index (χ2v) is 7.06. The Balaban J connectivity index is 1.55. The van der Waals surface area contributed by atoms with Crippen LogP contribution in [-0.2, 0) is 27.8 Å². The van der Waals surface area contributed by atoms with Crippen LogP contribution in [0.2, 0.25) is 0 Å². The fraction of sp³-hybridized carbons (Fsp3) is 0.312. The number of nitrogens with one attached hydrogen (secondary N) is 1. The van der Waals surface area contributed by atoms with Gasteiger partial charge in [0.15, 0.2) is 15.9 Å². The third-order valence-electron chi connectivity index (χ3n) is 3.35. The van der Waals surface area contributed by atoms with E-state index in [1.54, 1.807) is 18.5 Å². The van der Waals surface area contributed by atoms with Crippen molar-refractivity contribution in [1.29, 1.82) is 0 Å². The van der Waals surface area contributed by atoms with E-state index in [2.05, 4.69) is 20.3 Å². The maximum absolute atomic E-state index is 12.1. The number of aromatic nitrogens is 4. The topological polar surface area (TPSA) is 99.0 Å². The number of hydrogen-bond acceptors (Lipinski definition) is 8. The molecule has 26 heavy (non-hydrogen) atoms. The van der Waals surface area contributed by atoms with Crippen LogP contribution in [0.15, 0.2) is 28.9 Å². The van der Waals surface area contributed by atoms with Crippen molar-refractivity contribution in [1.82, 2.24) is 19.5 Å². The van der Waals surface area contributed by atoms with Crippen LogP contribution >= 0.6 is 23.1 Å². The van der Waals surface area contributed by atoms with Crippen LogP contribution in [-0.4, -0.2) is 43.8 Å². The summed E-state index contributed by atoms with van der Waals surface area (Å²) in [6, 6.07) is 3.71. The van der Waals surface area contributed by atoms with Crippen molar-refractivity contribution in [2.45, 2.75) is 18.5 Å². The summed E-state index contributed by atoms with van der Waals surface area (Å²) in [6.07, 6.45) is 1.81. The molecule has 1 N–H and O–H groups in total. The number of thiazole rings is 1. The molecule has 0 saturated carbocycles. The highest BCUT2D eigenvalue weighted by atomic mass is 32.2. The van der Waals surface area contributed by atoms with Crippen LogP contribution in [0.25, 0.3) is 11.2 Å². The first-order valence-electron chi connectivity index (χ1n) is 7.87. The number of rotatable bonds is 7. The zero-order chi connectivity index (χ0) is 18.5. The van der Waals surface area contributed by atoms with Crippen molar-refractivity contribution >= 4 is 51.3 Å². The number of carbonyl (C=O) groups excluding carboxylic acids is 2. The molecule has 0 aliphatic rings. The van der Waals surface area contributed by atoms with Gasteiger partial charge < -0.3 is 14.6 Å². The molecule has 1 amide bonds. The quantitative estimate of drug-likeness (QED) is 0.487. The molecule has 0 aromatic carbocycles. The Morgan fingerprint density at radius 3 is 3.00 bits per heavy atom. The Labute approximate surface area is 158 Å². The predicted octanol–water partition coefficient (Wildman–Crippen LogP) is 2.26. The van der Waals surface area contributed by atoms with Crippen molar-refractivity contribution in [3.8, 4) is 0 Å². The molecule has 0 aliphatic heterocycles. The maximum atomic E-state index is 12.1. The Morgan fingerprint density at radius 1 is 1.38 bits per heavy atom. The van der Waals surface area contributed by atoms with E-state index in [4.69, 9.17) is 4.74 Å². The van der Waals surface area contributed by atoms with E-state index in [0.29, 0.717) is 17.4 Å². The fourth-order valence-electron chi connectivity index (χ4n) is 2.22. The Morgan fingerprint density at radius 2 is 2.23 bits per heavy atom.